The summed E-state index contributed by atoms with van der Waals surface area (Å²) in [6, 6.07) is 19.4. The van der Waals surface area contributed by atoms with Crippen molar-refractivity contribution in [1.29, 1.82) is 0 Å². The van der Waals surface area contributed by atoms with Gasteiger partial charge in [0, 0.05) is 12.1 Å². The van der Waals surface area contributed by atoms with Crippen molar-refractivity contribution in [3.63, 3.8) is 0 Å². The van der Waals surface area contributed by atoms with Crippen LogP contribution in [0.25, 0.3) is 0 Å². The highest BCUT2D eigenvalue weighted by molar-refractivity contribution is 5.33. The highest BCUT2D eigenvalue weighted by Crippen LogP contribution is 2.22. The molecule has 2 nitrogen and oxygen atoms in total. The molecule has 0 radical (unpaired) electrons. The predicted octanol–water partition coefficient (Wildman–Crippen LogP) is 2.74. The van der Waals surface area contributed by atoms with Crippen LogP contribution in [-0.4, -0.2) is 23.3 Å². The molecule has 110 valence electrons. The van der Waals surface area contributed by atoms with Gasteiger partial charge in [0.2, 0.25) is 0 Å². The van der Waals surface area contributed by atoms with Gasteiger partial charge in [0.25, 0.3) is 0 Å². The quantitative estimate of drug-likeness (QED) is 0.883. The van der Waals surface area contributed by atoms with Crippen LogP contribution in [0.1, 0.15) is 23.6 Å². The number of aliphatic hydroxyl groups excluding tert-OH is 1. The first kappa shape index (κ1) is 14.3. The van der Waals surface area contributed by atoms with Gasteiger partial charge in [0.1, 0.15) is 0 Å². The lowest BCUT2D eigenvalue weighted by molar-refractivity contribution is 0.128. The van der Waals surface area contributed by atoms with E-state index in [2.05, 4.69) is 48.6 Å². The van der Waals surface area contributed by atoms with Crippen molar-refractivity contribution in [3.8, 4) is 0 Å². The monoisotopic (exact) mass is 281 g/mol. The number of nitrogens with one attached hydrogen (secondary N) is 1. The van der Waals surface area contributed by atoms with E-state index in [1.165, 1.54) is 16.7 Å². The molecule has 0 saturated heterocycles. The molecule has 0 aromatic heterocycles. The molecule has 0 fully saturated rings. The van der Waals surface area contributed by atoms with Crippen LogP contribution >= 0.6 is 0 Å². The maximum atomic E-state index is 10.4. The van der Waals surface area contributed by atoms with Gasteiger partial charge in [-0.3, -0.25) is 0 Å². The minimum Gasteiger partial charge on any atom is -0.391 e. The molecule has 0 heterocycles. The zero-order chi connectivity index (χ0) is 14.7. The molecule has 0 amide bonds. The molecule has 2 aromatic carbocycles. The van der Waals surface area contributed by atoms with Crippen LogP contribution in [0.4, 0.5) is 0 Å². The Morgan fingerprint density at radius 2 is 1.57 bits per heavy atom. The number of aliphatic hydroxyl groups is 1. The molecule has 0 aliphatic heterocycles. The largest absolute Gasteiger partial charge is 0.391 e. The van der Waals surface area contributed by atoms with E-state index in [0.29, 0.717) is 12.5 Å². The Morgan fingerprint density at radius 3 is 2.19 bits per heavy atom. The van der Waals surface area contributed by atoms with Gasteiger partial charge in [0.05, 0.1) is 6.10 Å². The van der Waals surface area contributed by atoms with Crippen LogP contribution in [0.3, 0.4) is 0 Å². The molecule has 21 heavy (non-hydrogen) atoms. The van der Waals surface area contributed by atoms with Crippen LogP contribution in [-0.2, 0) is 19.3 Å². The van der Waals surface area contributed by atoms with Crippen molar-refractivity contribution in [3.05, 3.63) is 71.3 Å². The van der Waals surface area contributed by atoms with E-state index in [1.807, 2.05) is 18.2 Å². The molecular weight excluding hydrogens is 258 g/mol. The second-order valence-electron chi connectivity index (χ2n) is 6.09. The number of hydrogen-bond acceptors (Lipinski definition) is 2. The van der Waals surface area contributed by atoms with Crippen molar-refractivity contribution in [2.75, 3.05) is 0 Å². The average Bonchev–Trinajstić information content (AvgIpc) is 2.90. The highest BCUT2D eigenvalue weighted by Gasteiger charge is 2.24. The Kier molecular flexibility index (Phi) is 4.37. The minimum absolute atomic E-state index is 0.101. The van der Waals surface area contributed by atoms with Crippen molar-refractivity contribution in [2.45, 2.75) is 44.4 Å². The Morgan fingerprint density at radius 1 is 1.00 bits per heavy atom. The van der Waals surface area contributed by atoms with E-state index in [4.69, 9.17) is 0 Å². The summed E-state index contributed by atoms with van der Waals surface area (Å²) < 4.78 is 0. The summed E-state index contributed by atoms with van der Waals surface area (Å²) in [5.41, 5.74) is 4.08. The van der Waals surface area contributed by atoms with E-state index >= 15 is 0 Å². The third kappa shape index (κ3) is 3.52. The van der Waals surface area contributed by atoms with Crippen molar-refractivity contribution < 1.29 is 5.11 Å². The first-order valence-corrected chi connectivity index (χ1v) is 7.77. The molecule has 2 N–H and O–H groups in total. The summed E-state index contributed by atoms with van der Waals surface area (Å²) in [7, 11) is 0. The zero-order valence-electron chi connectivity index (χ0n) is 12.5. The van der Waals surface area contributed by atoms with Crippen LogP contribution in [0.2, 0.25) is 0 Å². The van der Waals surface area contributed by atoms with Gasteiger partial charge in [-0.1, -0.05) is 54.6 Å². The van der Waals surface area contributed by atoms with Crippen LogP contribution < -0.4 is 5.32 Å². The number of benzene rings is 2. The number of rotatable bonds is 5. The topological polar surface area (TPSA) is 32.3 Å². The molecule has 1 aliphatic carbocycles. The molecule has 2 atom stereocenters. The Labute approximate surface area is 126 Å². The smallest absolute Gasteiger partial charge is 0.0730 e. The highest BCUT2D eigenvalue weighted by atomic mass is 16.3. The van der Waals surface area contributed by atoms with Gasteiger partial charge in [0.15, 0.2) is 0 Å². The van der Waals surface area contributed by atoms with E-state index in [-0.39, 0.29) is 12.1 Å². The Balaban J connectivity index is 1.54. The summed E-state index contributed by atoms with van der Waals surface area (Å²) in [5, 5.41) is 14.0. The lowest BCUT2D eigenvalue weighted by atomic mass is 10.0. The molecule has 3 rings (SSSR count). The summed E-state index contributed by atoms with van der Waals surface area (Å²) in [5.74, 6) is 0. The second kappa shape index (κ2) is 6.42. The number of fused-ring (bicyclic) bond motifs is 1. The van der Waals surface area contributed by atoms with Crippen LogP contribution in [0.15, 0.2) is 54.6 Å². The van der Waals surface area contributed by atoms with Gasteiger partial charge in [-0.25, -0.2) is 0 Å². The van der Waals surface area contributed by atoms with E-state index in [9.17, 15) is 5.11 Å². The van der Waals surface area contributed by atoms with E-state index in [0.717, 1.165) is 12.8 Å². The minimum atomic E-state index is -0.351. The summed E-state index contributed by atoms with van der Waals surface area (Å²) >= 11 is 0. The first-order chi connectivity index (χ1) is 10.2. The molecule has 0 saturated carbocycles. The van der Waals surface area contributed by atoms with Crippen LogP contribution in [0, 0.1) is 0 Å². The normalized spacial score (nSPS) is 17.4. The Bertz CT molecular complexity index is 556. The fourth-order valence-corrected chi connectivity index (χ4v) is 3.19. The maximum Gasteiger partial charge on any atom is 0.0730 e. The summed E-state index contributed by atoms with van der Waals surface area (Å²) in [6.07, 6.45) is 2.49. The zero-order valence-corrected chi connectivity index (χ0v) is 12.5. The third-order valence-corrected chi connectivity index (χ3v) is 4.41. The third-order valence-electron chi connectivity index (χ3n) is 4.41. The molecule has 2 aromatic rings. The summed E-state index contributed by atoms with van der Waals surface area (Å²) in [6.45, 7) is 2.08. The molecule has 1 aliphatic rings. The van der Waals surface area contributed by atoms with E-state index < -0.39 is 0 Å². The molecule has 2 heteroatoms. The predicted molar refractivity (Wildman–Crippen MR) is 86.4 cm³/mol. The second-order valence-corrected chi connectivity index (χ2v) is 6.09. The van der Waals surface area contributed by atoms with Crippen LogP contribution in [0.5, 0.6) is 0 Å². The fraction of sp³-hybridized carbons (Fsp3) is 0.368. The van der Waals surface area contributed by atoms with Gasteiger partial charge < -0.3 is 10.4 Å². The lowest BCUT2D eigenvalue weighted by Crippen LogP contribution is -2.44. The maximum absolute atomic E-state index is 10.4. The first-order valence-electron chi connectivity index (χ1n) is 7.77. The van der Waals surface area contributed by atoms with Crippen molar-refractivity contribution in [2.24, 2.45) is 0 Å². The van der Waals surface area contributed by atoms with Crippen molar-refractivity contribution >= 4 is 0 Å². The Hall–Kier alpha value is -1.64. The van der Waals surface area contributed by atoms with Crippen molar-refractivity contribution in [1.82, 2.24) is 5.32 Å². The molecule has 0 spiro atoms. The van der Waals surface area contributed by atoms with E-state index in [1.54, 1.807) is 0 Å². The SMILES string of the molecule is CC(NC1Cc2ccccc2C1)C(O)Cc1ccccc1. The number of hydrogen-bond donors (Lipinski definition) is 2. The lowest BCUT2D eigenvalue weighted by Gasteiger charge is -2.24. The van der Waals surface area contributed by atoms with Gasteiger partial charge >= 0.3 is 0 Å². The van der Waals surface area contributed by atoms with Gasteiger partial charge in [-0.2, -0.15) is 0 Å². The molecule has 0 bridgehead atoms. The summed E-state index contributed by atoms with van der Waals surface area (Å²) in [4.78, 5) is 0. The van der Waals surface area contributed by atoms with Gasteiger partial charge in [-0.05, 0) is 42.9 Å². The fourth-order valence-electron chi connectivity index (χ4n) is 3.19. The standard InChI is InChI=1S/C19H23NO/c1-14(19(21)11-15-7-3-2-4-8-15)20-18-12-16-9-5-6-10-17(16)13-18/h2-10,14,18-21H,11-13H2,1H3. The van der Waals surface area contributed by atoms with Gasteiger partial charge in [-0.15, -0.1) is 0 Å². The molecule has 2 unspecified atom stereocenters. The molecular formula is C19H23NO. The average molecular weight is 281 g/mol.